The van der Waals surface area contributed by atoms with Gasteiger partial charge in [0.1, 0.15) is 0 Å². The van der Waals surface area contributed by atoms with E-state index < -0.39 is 0 Å². The second kappa shape index (κ2) is 14.1. The third-order valence-electron chi connectivity index (χ3n) is 10.4. The van der Waals surface area contributed by atoms with Crippen molar-refractivity contribution in [2.45, 2.75) is 0 Å². The van der Waals surface area contributed by atoms with Crippen LogP contribution in [0.25, 0.3) is 53.2 Å². The first-order valence-electron chi connectivity index (χ1n) is 18.7. The molecule has 10 aromatic rings. The summed E-state index contributed by atoms with van der Waals surface area (Å²) in [7, 11) is 0. The van der Waals surface area contributed by atoms with Crippen molar-refractivity contribution in [1.82, 2.24) is 0 Å². The normalized spacial score (nSPS) is 11.3. The molecule has 0 saturated carbocycles. The van der Waals surface area contributed by atoms with Gasteiger partial charge in [0.2, 0.25) is 0 Å². The van der Waals surface area contributed by atoms with Gasteiger partial charge in [0, 0.05) is 48.5 Å². The molecule has 10 rings (SSSR count). The summed E-state index contributed by atoms with van der Waals surface area (Å²) < 4.78 is 2.50. The molecule has 2 nitrogen and oxygen atoms in total. The van der Waals surface area contributed by atoms with Gasteiger partial charge < -0.3 is 9.80 Å². The average Bonchev–Trinajstić information content (AvgIpc) is 3.62. The zero-order valence-electron chi connectivity index (χ0n) is 30.1. The Hall–Kier alpha value is -6.94. The van der Waals surface area contributed by atoms with Crippen LogP contribution in [0.4, 0.5) is 34.1 Å². The minimum Gasteiger partial charge on any atom is -0.310 e. The molecule has 0 aliphatic carbocycles. The number of nitrogens with zero attached hydrogens (tertiary/aromatic N) is 2. The molecule has 0 fully saturated rings. The third kappa shape index (κ3) is 6.11. The number of thiophene rings is 1. The van der Waals surface area contributed by atoms with Gasteiger partial charge >= 0.3 is 0 Å². The Morgan fingerprint density at radius 1 is 0.309 bits per heavy atom. The van der Waals surface area contributed by atoms with Crippen LogP contribution in [0.15, 0.2) is 218 Å². The Kier molecular flexibility index (Phi) is 8.40. The topological polar surface area (TPSA) is 6.48 Å². The summed E-state index contributed by atoms with van der Waals surface area (Å²) in [4.78, 5) is 4.88. The minimum atomic E-state index is 1.09. The van der Waals surface area contributed by atoms with E-state index >= 15 is 0 Å². The monoisotopic (exact) mass is 720 g/mol. The SMILES string of the molecule is c1ccc(-c2cccc(N(c3ccccc3)c3cc(N(c4ccccc4)c4ccccc4-c4ccccc4)c4c(c3)sc3cc5ccccc5cc34)c2)cc1. The zero-order chi connectivity index (χ0) is 36.6. The maximum Gasteiger partial charge on any atom is 0.0575 e. The van der Waals surface area contributed by atoms with Gasteiger partial charge in [0.25, 0.3) is 0 Å². The van der Waals surface area contributed by atoms with Crippen molar-refractivity contribution >= 4 is 76.4 Å². The molecule has 0 N–H and O–H groups in total. The lowest BCUT2D eigenvalue weighted by molar-refractivity contribution is 1.26. The van der Waals surface area contributed by atoms with E-state index in [-0.39, 0.29) is 0 Å². The molecule has 9 aromatic carbocycles. The van der Waals surface area contributed by atoms with Gasteiger partial charge in [-0.2, -0.15) is 0 Å². The zero-order valence-corrected chi connectivity index (χ0v) is 30.9. The molecule has 0 aliphatic heterocycles. The van der Waals surface area contributed by atoms with Crippen LogP contribution in [0.2, 0.25) is 0 Å². The Labute approximate surface area is 325 Å². The molecular formula is C52H36N2S. The Morgan fingerprint density at radius 2 is 0.855 bits per heavy atom. The fourth-order valence-corrected chi connectivity index (χ4v) is 9.05. The molecule has 0 radical (unpaired) electrons. The quantitative estimate of drug-likeness (QED) is 0.154. The fraction of sp³-hybridized carbons (Fsp3) is 0. The van der Waals surface area contributed by atoms with Crippen LogP contribution in [0, 0.1) is 0 Å². The molecule has 3 heteroatoms. The Bertz CT molecular complexity index is 2920. The van der Waals surface area contributed by atoms with Crippen LogP contribution in [0.5, 0.6) is 0 Å². The minimum absolute atomic E-state index is 1.09. The lowest BCUT2D eigenvalue weighted by atomic mass is 9.99. The highest BCUT2D eigenvalue weighted by molar-refractivity contribution is 7.26. The van der Waals surface area contributed by atoms with Crippen molar-refractivity contribution in [3.05, 3.63) is 218 Å². The number of para-hydroxylation sites is 3. The second-order valence-corrected chi connectivity index (χ2v) is 14.9. The lowest BCUT2D eigenvalue weighted by Crippen LogP contribution is -2.14. The summed E-state index contributed by atoms with van der Waals surface area (Å²) >= 11 is 1.87. The van der Waals surface area contributed by atoms with E-state index in [4.69, 9.17) is 0 Å². The van der Waals surface area contributed by atoms with Gasteiger partial charge in [-0.1, -0.05) is 152 Å². The maximum atomic E-state index is 2.47. The van der Waals surface area contributed by atoms with Crippen LogP contribution in [-0.2, 0) is 0 Å². The van der Waals surface area contributed by atoms with Crippen LogP contribution in [-0.4, -0.2) is 0 Å². The lowest BCUT2D eigenvalue weighted by Gasteiger charge is -2.31. The van der Waals surface area contributed by atoms with Crippen molar-refractivity contribution in [2.24, 2.45) is 0 Å². The average molecular weight is 721 g/mol. The summed E-state index contributed by atoms with van der Waals surface area (Å²) in [5.74, 6) is 0. The van der Waals surface area contributed by atoms with Gasteiger partial charge in [-0.3, -0.25) is 0 Å². The smallest absolute Gasteiger partial charge is 0.0575 e. The second-order valence-electron chi connectivity index (χ2n) is 13.8. The van der Waals surface area contributed by atoms with Crippen molar-refractivity contribution < 1.29 is 0 Å². The molecule has 0 unspecified atom stereocenters. The van der Waals surface area contributed by atoms with Gasteiger partial charge in [-0.15, -0.1) is 11.3 Å². The van der Waals surface area contributed by atoms with Gasteiger partial charge in [0.05, 0.1) is 11.4 Å². The highest BCUT2D eigenvalue weighted by Crippen LogP contribution is 2.51. The predicted octanol–water partition coefficient (Wildman–Crippen LogP) is 15.5. The van der Waals surface area contributed by atoms with Gasteiger partial charge in [-0.25, -0.2) is 0 Å². The number of rotatable bonds is 8. The predicted molar refractivity (Wildman–Crippen MR) is 237 cm³/mol. The van der Waals surface area contributed by atoms with E-state index in [0.29, 0.717) is 0 Å². The van der Waals surface area contributed by atoms with Crippen molar-refractivity contribution in [2.75, 3.05) is 9.80 Å². The molecule has 1 aromatic heterocycles. The standard InChI is InChI=1S/C52H36N2S/c1-5-18-37(19-6-1)39-24-17-29-44(32-39)53(42-25-9-3-10-26-42)45-35-49(52-47-33-40-22-13-14-23-41(40)34-50(47)55-51(52)36-45)54(43-27-11-4-12-28-43)48-31-16-15-30-46(48)38-20-7-2-8-21-38/h1-36H. The van der Waals surface area contributed by atoms with E-state index in [1.54, 1.807) is 0 Å². The van der Waals surface area contributed by atoms with E-state index in [9.17, 15) is 0 Å². The van der Waals surface area contributed by atoms with Crippen molar-refractivity contribution in [1.29, 1.82) is 0 Å². The summed E-state index contributed by atoms with van der Waals surface area (Å²) in [6.45, 7) is 0. The molecular weight excluding hydrogens is 685 g/mol. The molecule has 0 saturated heterocycles. The molecule has 0 bridgehead atoms. The largest absolute Gasteiger partial charge is 0.310 e. The highest BCUT2D eigenvalue weighted by Gasteiger charge is 2.24. The number of benzene rings is 9. The summed E-state index contributed by atoms with van der Waals surface area (Å²) in [6, 6.07) is 78.9. The number of hydrogen-bond donors (Lipinski definition) is 0. The Morgan fingerprint density at radius 3 is 1.56 bits per heavy atom. The summed E-state index contributed by atoms with van der Waals surface area (Å²) in [6.07, 6.45) is 0. The molecule has 0 atom stereocenters. The first-order valence-corrected chi connectivity index (χ1v) is 19.5. The molecule has 1 heterocycles. The summed E-state index contributed by atoms with van der Waals surface area (Å²) in [5, 5.41) is 4.99. The van der Waals surface area contributed by atoms with Crippen LogP contribution in [0.3, 0.4) is 0 Å². The van der Waals surface area contributed by atoms with E-state index in [2.05, 4.69) is 228 Å². The van der Waals surface area contributed by atoms with E-state index in [0.717, 1.165) is 34.1 Å². The summed E-state index contributed by atoms with van der Waals surface area (Å²) in [5.41, 5.74) is 11.4. The molecule has 0 amide bonds. The van der Waals surface area contributed by atoms with Crippen LogP contribution in [0.1, 0.15) is 0 Å². The first kappa shape index (κ1) is 32.7. The number of fused-ring (bicyclic) bond motifs is 4. The fourth-order valence-electron chi connectivity index (χ4n) is 7.86. The third-order valence-corrected chi connectivity index (χ3v) is 11.5. The Balaban J connectivity index is 1.30. The van der Waals surface area contributed by atoms with Gasteiger partial charge in [0.15, 0.2) is 0 Å². The first-order chi connectivity index (χ1) is 27.3. The number of anilines is 6. The molecule has 0 spiro atoms. The maximum absolute atomic E-state index is 2.47. The number of hydrogen-bond acceptors (Lipinski definition) is 3. The van der Waals surface area contributed by atoms with E-state index in [1.807, 2.05) is 11.3 Å². The van der Waals surface area contributed by atoms with Crippen LogP contribution < -0.4 is 9.80 Å². The van der Waals surface area contributed by atoms with Gasteiger partial charge in [-0.05, 0) is 94.2 Å². The molecule has 55 heavy (non-hydrogen) atoms. The van der Waals surface area contributed by atoms with Crippen molar-refractivity contribution in [3.63, 3.8) is 0 Å². The molecule has 260 valence electrons. The molecule has 0 aliphatic rings. The van der Waals surface area contributed by atoms with Crippen LogP contribution >= 0.6 is 11.3 Å². The highest BCUT2D eigenvalue weighted by atomic mass is 32.1. The van der Waals surface area contributed by atoms with Crippen molar-refractivity contribution in [3.8, 4) is 22.3 Å². The van der Waals surface area contributed by atoms with E-state index in [1.165, 1.54) is 53.2 Å².